The van der Waals surface area contributed by atoms with Gasteiger partial charge in [0.1, 0.15) is 5.75 Å². The second kappa shape index (κ2) is 7.12. The first-order valence-corrected chi connectivity index (χ1v) is 7.89. The topological polar surface area (TPSA) is 101 Å². The van der Waals surface area contributed by atoms with Crippen LogP contribution in [0.2, 0.25) is 0 Å². The Hall–Kier alpha value is -3.22. The molecule has 3 rings (SSSR count). The molecule has 0 aliphatic heterocycles. The van der Waals surface area contributed by atoms with Gasteiger partial charge in [0.25, 0.3) is 5.91 Å². The third-order valence-electron chi connectivity index (χ3n) is 3.55. The van der Waals surface area contributed by atoms with Crippen LogP contribution < -0.4 is 5.32 Å². The summed E-state index contributed by atoms with van der Waals surface area (Å²) in [5.41, 5.74) is 1.88. The Morgan fingerprint density at radius 1 is 1.28 bits per heavy atom. The Morgan fingerprint density at radius 2 is 2.12 bits per heavy atom. The fourth-order valence-electron chi connectivity index (χ4n) is 2.20. The summed E-state index contributed by atoms with van der Waals surface area (Å²) < 4.78 is 5.09. The van der Waals surface area contributed by atoms with E-state index in [0.717, 1.165) is 5.56 Å². The van der Waals surface area contributed by atoms with Gasteiger partial charge in [-0.2, -0.15) is 4.98 Å². The minimum absolute atomic E-state index is 0.145. The molecule has 0 radical (unpaired) electrons. The number of aromatic nitrogens is 3. The van der Waals surface area contributed by atoms with Gasteiger partial charge in [-0.05, 0) is 24.3 Å². The van der Waals surface area contributed by atoms with Gasteiger partial charge in [-0.15, -0.1) is 0 Å². The number of phenolic OH excluding ortho intramolecular Hbond substituents is 1. The van der Waals surface area contributed by atoms with E-state index in [1.54, 1.807) is 30.3 Å². The van der Waals surface area contributed by atoms with E-state index in [0.29, 0.717) is 23.0 Å². The zero-order chi connectivity index (χ0) is 17.8. The summed E-state index contributed by atoms with van der Waals surface area (Å²) in [7, 11) is 0. The summed E-state index contributed by atoms with van der Waals surface area (Å²) in [6.45, 7) is 4.09. The molecule has 7 nitrogen and oxygen atoms in total. The Balaban J connectivity index is 1.64. The lowest BCUT2D eigenvalue weighted by molar-refractivity contribution is 0.0949. The van der Waals surface area contributed by atoms with Gasteiger partial charge < -0.3 is 14.9 Å². The highest BCUT2D eigenvalue weighted by Gasteiger charge is 2.12. The summed E-state index contributed by atoms with van der Waals surface area (Å²) in [6.07, 6.45) is 1.49. The lowest BCUT2D eigenvalue weighted by atomic mass is 10.1. The average Bonchev–Trinajstić information content (AvgIpc) is 3.09. The lowest BCUT2D eigenvalue weighted by Crippen LogP contribution is -2.23. The number of hydrogen-bond donors (Lipinski definition) is 2. The Labute approximate surface area is 144 Å². The van der Waals surface area contributed by atoms with E-state index in [-0.39, 0.29) is 24.1 Å². The molecule has 0 atom stereocenters. The smallest absolute Gasteiger partial charge is 0.253 e. The zero-order valence-corrected chi connectivity index (χ0v) is 13.9. The molecule has 2 N–H and O–H groups in total. The van der Waals surface area contributed by atoms with E-state index in [1.807, 2.05) is 19.9 Å². The molecule has 0 bridgehead atoms. The highest BCUT2D eigenvalue weighted by atomic mass is 16.5. The van der Waals surface area contributed by atoms with Gasteiger partial charge in [0.15, 0.2) is 5.82 Å². The summed E-state index contributed by atoms with van der Waals surface area (Å²) in [4.78, 5) is 20.7. The third-order valence-corrected chi connectivity index (χ3v) is 3.55. The van der Waals surface area contributed by atoms with Crippen LogP contribution in [0.25, 0.3) is 11.3 Å². The van der Waals surface area contributed by atoms with Gasteiger partial charge in [-0.3, -0.25) is 9.78 Å². The predicted octanol–water partition coefficient (Wildman–Crippen LogP) is 2.89. The summed E-state index contributed by atoms with van der Waals surface area (Å²) >= 11 is 0. The third kappa shape index (κ3) is 4.00. The molecule has 2 heterocycles. The van der Waals surface area contributed by atoms with Crippen molar-refractivity contribution in [2.45, 2.75) is 26.3 Å². The molecule has 1 aromatic carbocycles. The second-order valence-corrected chi connectivity index (χ2v) is 5.87. The molecule has 0 saturated carbocycles. The van der Waals surface area contributed by atoms with Crippen LogP contribution in [-0.4, -0.2) is 26.1 Å². The SMILES string of the molecule is CC(C)c1nc(CNC(=O)c2ccc(-c3cccc(O)c3)nc2)no1. The van der Waals surface area contributed by atoms with Crippen molar-refractivity contribution in [3.8, 4) is 17.0 Å². The van der Waals surface area contributed by atoms with E-state index < -0.39 is 0 Å². The molecule has 0 fully saturated rings. The van der Waals surface area contributed by atoms with Crippen molar-refractivity contribution in [3.05, 3.63) is 59.9 Å². The first kappa shape index (κ1) is 16.6. The summed E-state index contributed by atoms with van der Waals surface area (Å²) in [6, 6.07) is 10.2. The number of nitrogens with zero attached hydrogens (tertiary/aromatic N) is 3. The maximum Gasteiger partial charge on any atom is 0.253 e. The number of rotatable bonds is 5. The Morgan fingerprint density at radius 3 is 2.76 bits per heavy atom. The molecular weight excluding hydrogens is 320 g/mol. The summed E-state index contributed by atoms with van der Waals surface area (Å²) in [5, 5.41) is 16.1. The van der Waals surface area contributed by atoms with E-state index in [4.69, 9.17) is 4.52 Å². The molecule has 0 aliphatic carbocycles. The van der Waals surface area contributed by atoms with Crippen LogP contribution in [-0.2, 0) is 6.54 Å². The molecule has 0 spiro atoms. The zero-order valence-electron chi connectivity index (χ0n) is 13.9. The van der Waals surface area contributed by atoms with Crippen LogP contribution in [0.1, 0.15) is 41.8 Å². The number of hydrogen-bond acceptors (Lipinski definition) is 6. The van der Waals surface area contributed by atoms with E-state index in [1.165, 1.54) is 6.20 Å². The molecule has 3 aromatic rings. The first-order chi connectivity index (χ1) is 12.0. The van der Waals surface area contributed by atoms with Crippen molar-refractivity contribution in [2.75, 3.05) is 0 Å². The number of carbonyl (C=O) groups is 1. The quantitative estimate of drug-likeness (QED) is 0.742. The minimum Gasteiger partial charge on any atom is -0.508 e. The molecule has 7 heteroatoms. The monoisotopic (exact) mass is 338 g/mol. The number of aromatic hydroxyl groups is 1. The van der Waals surface area contributed by atoms with Crippen molar-refractivity contribution in [1.29, 1.82) is 0 Å². The molecule has 2 aromatic heterocycles. The van der Waals surface area contributed by atoms with Gasteiger partial charge in [0.2, 0.25) is 5.89 Å². The fourth-order valence-corrected chi connectivity index (χ4v) is 2.20. The van der Waals surface area contributed by atoms with Crippen LogP contribution >= 0.6 is 0 Å². The van der Waals surface area contributed by atoms with Crippen LogP contribution in [0.4, 0.5) is 0 Å². The van der Waals surface area contributed by atoms with Gasteiger partial charge in [0.05, 0.1) is 17.8 Å². The predicted molar refractivity (Wildman–Crippen MR) is 90.9 cm³/mol. The number of pyridine rings is 1. The molecule has 1 amide bonds. The van der Waals surface area contributed by atoms with Crippen molar-refractivity contribution in [1.82, 2.24) is 20.4 Å². The normalized spacial score (nSPS) is 10.8. The molecular formula is C18H18N4O3. The van der Waals surface area contributed by atoms with Crippen molar-refractivity contribution < 1.29 is 14.4 Å². The van der Waals surface area contributed by atoms with Crippen LogP contribution in [0.15, 0.2) is 47.1 Å². The van der Waals surface area contributed by atoms with Crippen molar-refractivity contribution >= 4 is 5.91 Å². The van der Waals surface area contributed by atoms with Crippen LogP contribution in [0, 0.1) is 0 Å². The number of benzene rings is 1. The highest BCUT2D eigenvalue weighted by molar-refractivity contribution is 5.94. The van der Waals surface area contributed by atoms with Crippen LogP contribution in [0.5, 0.6) is 5.75 Å². The molecule has 0 saturated heterocycles. The van der Waals surface area contributed by atoms with Crippen LogP contribution in [0.3, 0.4) is 0 Å². The van der Waals surface area contributed by atoms with Gasteiger partial charge in [-0.1, -0.05) is 31.1 Å². The molecule has 128 valence electrons. The summed E-state index contributed by atoms with van der Waals surface area (Å²) in [5.74, 6) is 1.02. The maximum atomic E-state index is 12.2. The van der Waals surface area contributed by atoms with E-state index in [9.17, 15) is 9.90 Å². The molecule has 0 unspecified atom stereocenters. The Kier molecular flexibility index (Phi) is 4.74. The second-order valence-electron chi connectivity index (χ2n) is 5.87. The standard InChI is InChI=1S/C18H18N4O3/c1-11(2)18-21-16(22-25-18)10-20-17(24)13-6-7-15(19-9-13)12-4-3-5-14(23)8-12/h3-9,11,23H,10H2,1-2H3,(H,20,24). The first-order valence-electron chi connectivity index (χ1n) is 7.89. The van der Waals surface area contributed by atoms with Gasteiger partial charge in [0, 0.05) is 17.7 Å². The Bertz CT molecular complexity index is 872. The highest BCUT2D eigenvalue weighted by Crippen LogP contribution is 2.21. The van der Waals surface area contributed by atoms with E-state index >= 15 is 0 Å². The maximum absolute atomic E-state index is 12.2. The largest absolute Gasteiger partial charge is 0.508 e. The van der Waals surface area contributed by atoms with Crippen molar-refractivity contribution in [2.24, 2.45) is 0 Å². The molecule has 0 aliphatic rings. The minimum atomic E-state index is -0.272. The molecule has 25 heavy (non-hydrogen) atoms. The number of nitrogens with one attached hydrogen (secondary N) is 1. The van der Waals surface area contributed by atoms with Crippen molar-refractivity contribution in [3.63, 3.8) is 0 Å². The van der Waals surface area contributed by atoms with E-state index in [2.05, 4.69) is 20.4 Å². The fraction of sp³-hybridized carbons (Fsp3) is 0.222. The van der Waals surface area contributed by atoms with Gasteiger partial charge in [-0.25, -0.2) is 0 Å². The van der Waals surface area contributed by atoms with Gasteiger partial charge >= 0.3 is 0 Å². The number of carbonyl (C=O) groups excluding carboxylic acids is 1. The number of phenols is 1. The lowest BCUT2D eigenvalue weighted by Gasteiger charge is -2.05. The average molecular weight is 338 g/mol. The number of amides is 1.